The fourth-order valence-corrected chi connectivity index (χ4v) is 2.35. The first-order chi connectivity index (χ1) is 9.06. The van der Waals surface area contributed by atoms with E-state index in [2.05, 4.69) is 10.3 Å². The second-order valence-electron chi connectivity index (χ2n) is 4.69. The maximum absolute atomic E-state index is 11.8. The molecule has 0 bridgehead atoms. The largest absolute Gasteiger partial charge is 0.394 e. The molecule has 2 rings (SSSR count). The predicted molar refractivity (Wildman–Crippen MR) is 69.1 cm³/mol. The molecule has 1 aliphatic rings. The fraction of sp³-hybridized carbons (Fsp3) is 0.667. The van der Waals surface area contributed by atoms with Crippen LogP contribution in [0.2, 0.25) is 0 Å². The highest BCUT2D eigenvalue weighted by molar-refractivity contribution is 5.02. The summed E-state index contributed by atoms with van der Waals surface area (Å²) in [7, 11) is 0. The van der Waals surface area contributed by atoms with Gasteiger partial charge in [0.1, 0.15) is 6.23 Å². The van der Waals surface area contributed by atoms with E-state index in [-0.39, 0.29) is 24.3 Å². The van der Waals surface area contributed by atoms with Crippen molar-refractivity contribution >= 4 is 0 Å². The number of likely N-dealkylation sites (N-methyl/N-ethyl adjacent to an activating group) is 1. The van der Waals surface area contributed by atoms with Crippen molar-refractivity contribution in [1.82, 2.24) is 14.9 Å². The van der Waals surface area contributed by atoms with Gasteiger partial charge >= 0.3 is 5.69 Å². The highest BCUT2D eigenvalue weighted by atomic mass is 16.5. The van der Waals surface area contributed by atoms with Crippen molar-refractivity contribution in [3.8, 4) is 0 Å². The average molecular weight is 269 g/mol. The minimum atomic E-state index is -0.491. The molecular weight excluding hydrogens is 250 g/mol. The second kappa shape index (κ2) is 5.68. The van der Waals surface area contributed by atoms with Gasteiger partial charge in [-0.1, -0.05) is 6.92 Å². The average Bonchev–Trinajstić information content (AvgIpc) is 2.77. The molecule has 1 aromatic rings. The number of nitrogens with zero attached hydrogens (tertiary/aromatic N) is 1. The summed E-state index contributed by atoms with van der Waals surface area (Å²) in [5.74, 6) is 0. The molecule has 7 heteroatoms. The lowest BCUT2D eigenvalue weighted by molar-refractivity contribution is -0.0290. The number of hydrogen-bond donors (Lipinski definition) is 3. The monoisotopic (exact) mass is 269 g/mol. The van der Waals surface area contributed by atoms with Gasteiger partial charge < -0.3 is 15.2 Å². The highest BCUT2D eigenvalue weighted by Gasteiger charge is 2.35. The minimum absolute atomic E-state index is 0.000802. The van der Waals surface area contributed by atoms with E-state index in [4.69, 9.17) is 4.74 Å². The molecule has 0 radical (unpaired) electrons. The van der Waals surface area contributed by atoms with E-state index in [1.807, 2.05) is 6.92 Å². The van der Waals surface area contributed by atoms with Crippen LogP contribution in [0.1, 0.15) is 25.1 Å². The predicted octanol–water partition coefficient (Wildman–Crippen LogP) is -0.897. The Labute approximate surface area is 110 Å². The molecule has 1 saturated heterocycles. The Bertz CT molecular complexity index is 551. The molecular formula is C12H19N3O4. The molecule has 2 heterocycles. The number of rotatable bonds is 4. The quantitative estimate of drug-likeness (QED) is 0.658. The van der Waals surface area contributed by atoms with Crippen LogP contribution in [0.15, 0.2) is 15.8 Å². The summed E-state index contributed by atoms with van der Waals surface area (Å²) >= 11 is 0. The smallest absolute Gasteiger partial charge is 0.330 e. The minimum Gasteiger partial charge on any atom is -0.394 e. The molecule has 0 spiro atoms. The Morgan fingerprint density at radius 1 is 1.58 bits per heavy atom. The summed E-state index contributed by atoms with van der Waals surface area (Å²) in [6, 6.07) is -0.000802. The maximum atomic E-state index is 11.8. The molecule has 19 heavy (non-hydrogen) atoms. The van der Waals surface area contributed by atoms with Crippen LogP contribution in [0.3, 0.4) is 0 Å². The van der Waals surface area contributed by atoms with Crippen molar-refractivity contribution < 1.29 is 9.84 Å². The van der Waals surface area contributed by atoms with Crippen LogP contribution in [0.4, 0.5) is 0 Å². The number of aliphatic hydroxyl groups is 1. The molecule has 3 unspecified atom stereocenters. The number of H-pyrrole nitrogens is 1. The Morgan fingerprint density at radius 2 is 2.32 bits per heavy atom. The SMILES string of the molecule is CCNC1CC(n2cc(C)c(=O)[nH]c2=O)OC1CO. The number of hydrogen-bond acceptors (Lipinski definition) is 5. The molecule has 1 aromatic heterocycles. The van der Waals surface area contributed by atoms with Gasteiger partial charge in [0.25, 0.3) is 5.56 Å². The van der Waals surface area contributed by atoms with E-state index < -0.39 is 11.9 Å². The molecule has 3 atom stereocenters. The van der Waals surface area contributed by atoms with Crippen molar-refractivity contribution in [3.63, 3.8) is 0 Å². The van der Waals surface area contributed by atoms with Gasteiger partial charge in [0, 0.05) is 24.2 Å². The normalized spacial score (nSPS) is 26.8. The number of ether oxygens (including phenoxy) is 1. The van der Waals surface area contributed by atoms with Crippen LogP contribution in [0.25, 0.3) is 0 Å². The number of aryl methyl sites for hydroxylation is 1. The van der Waals surface area contributed by atoms with Crippen LogP contribution in [-0.2, 0) is 4.74 Å². The van der Waals surface area contributed by atoms with E-state index in [9.17, 15) is 14.7 Å². The Kier molecular flexibility index (Phi) is 4.18. The van der Waals surface area contributed by atoms with Crippen molar-refractivity contribution in [3.05, 3.63) is 32.6 Å². The van der Waals surface area contributed by atoms with Crippen LogP contribution < -0.4 is 16.6 Å². The zero-order valence-corrected chi connectivity index (χ0v) is 11.0. The van der Waals surface area contributed by atoms with Crippen molar-refractivity contribution in [2.75, 3.05) is 13.2 Å². The summed E-state index contributed by atoms with van der Waals surface area (Å²) < 4.78 is 7.04. The first-order valence-corrected chi connectivity index (χ1v) is 6.38. The molecule has 1 fully saturated rings. The summed E-state index contributed by atoms with van der Waals surface area (Å²) in [5.41, 5.74) is -0.425. The third kappa shape index (κ3) is 2.78. The van der Waals surface area contributed by atoms with Crippen LogP contribution >= 0.6 is 0 Å². The second-order valence-corrected chi connectivity index (χ2v) is 4.69. The van der Waals surface area contributed by atoms with Crippen LogP contribution in [0, 0.1) is 6.92 Å². The zero-order valence-electron chi connectivity index (χ0n) is 11.0. The first kappa shape index (κ1) is 14.0. The topological polar surface area (TPSA) is 96.4 Å². The molecule has 0 aliphatic carbocycles. The summed E-state index contributed by atoms with van der Waals surface area (Å²) in [5, 5.41) is 12.5. The Hall–Kier alpha value is -1.44. The van der Waals surface area contributed by atoms with Crippen molar-refractivity contribution in [1.29, 1.82) is 0 Å². The lowest BCUT2D eigenvalue weighted by Gasteiger charge is -2.16. The lowest BCUT2D eigenvalue weighted by atomic mass is 10.1. The van der Waals surface area contributed by atoms with Gasteiger partial charge in [-0.05, 0) is 13.5 Å². The van der Waals surface area contributed by atoms with Gasteiger partial charge in [-0.15, -0.1) is 0 Å². The van der Waals surface area contributed by atoms with Gasteiger partial charge in [-0.25, -0.2) is 4.79 Å². The van der Waals surface area contributed by atoms with Crippen molar-refractivity contribution in [2.45, 2.75) is 38.6 Å². The van der Waals surface area contributed by atoms with Gasteiger partial charge in [-0.3, -0.25) is 14.3 Å². The summed E-state index contributed by atoms with van der Waals surface area (Å²) in [4.78, 5) is 25.4. The number of aromatic nitrogens is 2. The molecule has 106 valence electrons. The van der Waals surface area contributed by atoms with E-state index in [1.165, 1.54) is 10.8 Å². The zero-order chi connectivity index (χ0) is 14.0. The van der Waals surface area contributed by atoms with Gasteiger partial charge in [0.15, 0.2) is 0 Å². The summed E-state index contributed by atoms with van der Waals surface area (Å²) in [6.07, 6.45) is 1.26. The van der Waals surface area contributed by atoms with Gasteiger partial charge in [0.2, 0.25) is 0 Å². The highest BCUT2D eigenvalue weighted by Crippen LogP contribution is 2.27. The molecule has 0 aromatic carbocycles. The Morgan fingerprint density at radius 3 is 2.95 bits per heavy atom. The first-order valence-electron chi connectivity index (χ1n) is 6.38. The van der Waals surface area contributed by atoms with Crippen LogP contribution in [0.5, 0.6) is 0 Å². The third-order valence-electron chi connectivity index (χ3n) is 3.34. The molecule has 0 amide bonds. The number of aromatic amines is 1. The molecule has 3 N–H and O–H groups in total. The van der Waals surface area contributed by atoms with E-state index in [0.717, 1.165) is 6.54 Å². The lowest BCUT2D eigenvalue weighted by Crippen LogP contribution is -2.38. The van der Waals surface area contributed by atoms with Crippen LogP contribution in [-0.4, -0.2) is 40.0 Å². The van der Waals surface area contributed by atoms with Gasteiger partial charge in [-0.2, -0.15) is 0 Å². The summed E-state index contributed by atoms with van der Waals surface area (Å²) in [6.45, 7) is 4.26. The number of nitrogens with one attached hydrogen (secondary N) is 2. The molecule has 0 saturated carbocycles. The molecule has 7 nitrogen and oxygen atoms in total. The van der Waals surface area contributed by atoms with E-state index >= 15 is 0 Å². The van der Waals surface area contributed by atoms with Crippen molar-refractivity contribution in [2.24, 2.45) is 0 Å². The number of aliphatic hydroxyl groups excluding tert-OH is 1. The maximum Gasteiger partial charge on any atom is 0.330 e. The standard InChI is InChI=1S/C12H19N3O4/c1-3-13-8-4-10(19-9(8)6-16)15-5-7(2)11(17)14-12(15)18/h5,8-10,13,16H,3-4,6H2,1-2H3,(H,14,17,18). The Balaban J connectivity index is 2.27. The van der Waals surface area contributed by atoms with Gasteiger partial charge in [0.05, 0.1) is 12.7 Å². The fourth-order valence-electron chi connectivity index (χ4n) is 2.35. The van der Waals surface area contributed by atoms with E-state index in [0.29, 0.717) is 12.0 Å². The third-order valence-corrected chi connectivity index (χ3v) is 3.34. The van der Waals surface area contributed by atoms with E-state index in [1.54, 1.807) is 6.92 Å². The molecule has 1 aliphatic heterocycles.